The molecule has 3 heteroatoms. The van der Waals surface area contributed by atoms with Gasteiger partial charge in [0, 0.05) is 16.1 Å². The van der Waals surface area contributed by atoms with Crippen molar-refractivity contribution >= 4 is 21.8 Å². The highest BCUT2D eigenvalue weighted by atomic mass is 79.9. The number of carbonyl (C=O) groups is 1. The lowest BCUT2D eigenvalue weighted by Crippen LogP contribution is -2.45. The third-order valence-corrected chi connectivity index (χ3v) is 3.57. The summed E-state index contributed by atoms with van der Waals surface area (Å²) in [6, 6.07) is 7.82. The van der Waals surface area contributed by atoms with Crippen LogP contribution in [0.2, 0.25) is 0 Å². The van der Waals surface area contributed by atoms with Crippen molar-refractivity contribution in [3.8, 4) is 0 Å². The minimum atomic E-state index is 0.0408. The summed E-state index contributed by atoms with van der Waals surface area (Å²) in [7, 11) is 0. The monoisotopic (exact) mass is 267 g/mol. The van der Waals surface area contributed by atoms with E-state index in [1.54, 1.807) is 0 Å². The minimum Gasteiger partial charge on any atom is -0.349 e. The molecule has 80 valence electrons. The van der Waals surface area contributed by atoms with Gasteiger partial charge in [-0.2, -0.15) is 0 Å². The lowest BCUT2D eigenvalue weighted by molar-refractivity contribution is 0.0884. The molecule has 0 saturated heterocycles. The van der Waals surface area contributed by atoms with Gasteiger partial charge >= 0.3 is 0 Å². The molecule has 0 radical (unpaired) electrons. The van der Waals surface area contributed by atoms with Gasteiger partial charge in [0.1, 0.15) is 0 Å². The average molecular weight is 268 g/mol. The van der Waals surface area contributed by atoms with Gasteiger partial charge in [-0.1, -0.05) is 22.9 Å². The van der Waals surface area contributed by atoms with E-state index in [0.29, 0.717) is 12.0 Å². The van der Waals surface area contributed by atoms with E-state index >= 15 is 0 Å². The maximum absolute atomic E-state index is 11.8. The summed E-state index contributed by atoms with van der Waals surface area (Å²) in [5.74, 6) is 0.670. The highest BCUT2D eigenvalue weighted by Gasteiger charge is 2.28. The molecule has 1 aromatic rings. The van der Waals surface area contributed by atoms with E-state index in [1.165, 1.54) is 6.42 Å². The van der Waals surface area contributed by atoms with Gasteiger partial charge in [-0.15, -0.1) is 0 Å². The van der Waals surface area contributed by atoms with Gasteiger partial charge < -0.3 is 5.32 Å². The number of amides is 1. The Bertz CT molecular complexity index is 360. The second kappa shape index (κ2) is 4.35. The molecule has 2 rings (SSSR count). The molecule has 1 fully saturated rings. The summed E-state index contributed by atoms with van der Waals surface area (Å²) in [5.41, 5.74) is 0.734. The van der Waals surface area contributed by atoms with Crippen molar-refractivity contribution in [1.29, 1.82) is 0 Å². The number of benzene rings is 1. The summed E-state index contributed by atoms with van der Waals surface area (Å²) in [4.78, 5) is 11.8. The van der Waals surface area contributed by atoms with Crippen molar-refractivity contribution < 1.29 is 4.79 Å². The van der Waals surface area contributed by atoms with E-state index in [-0.39, 0.29) is 5.91 Å². The normalized spacial score (nSPS) is 24.4. The van der Waals surface area contributed by atoms with E-state index in [9.17, 15) is 4.79 Å². The molecule has 1 N–H and O–H groups in total. The predicted molar refractivity (Wildman–Crippen MR) is 63.8 cm³/mol. The predicted octanol–water partition coefficient (Wildman–Crippen LogP) is 2.98. The van der Waals surface area contributed by atoms with E-state index in [4.69, 9.17) is 0 Å². The van der Waals surface area contributed by atoms with Crippen LogP contribution < -0.4 is 5.32 Å². The third-order valence-electron chi connectivity index (χ3n) is 3.04. The Kier molecular flexibility index (Phi) is 3.10. The first-order valence-electron chi connectivity index (χ1n) is 5.23. The maximum Gasteiger partial charge on any atom is 0.251 e. The van der Waals surface area contributed by atoms with Gasteiger partial charge in [0.05, 0.1) is 0 Å². The van der Waals surface area contributed by atoms with Crippen LogP contribution in [0.25, 0.3) is 0 Å². The molecule has 0 bridgehead atoms. The number of hydrogen-bond donors (Lipinski definition) is 1. The molecule has 1 aliphatic rings. The lowest BCUT2D eigenvalue weighted by atomic mass is 9.81. The number of halogens is 1. The van der Waals surface area contributed by atoms with Gasteiger partial charge in [-0.25, -0.2) is 0 Å². The molecular formula is C12H14BrNO. The topological polar surface area (TPSA) is 29.1 Å². The Morgan fingerprint density at radius 1 is 1.33 bits per heavy atom. The number of carbonyl (C=O) groups excluding carboxylic acids is 1. The van der Waals surface area contributed by atoms with E-state index < -0.39 is 0 Å². The first-order chi connectivity index (χ1) is 7.16. The van der Waals surface area contributed by atoms with Crippen LogP contribution in [0.15, 0.2) is 28.7 Å². The maximum atomic E-state index is 11.8. The highest BCUT2D eigenvalue weighted by Crippen LogP contribution is 2.26. The molecule has 0 heterocycles. The molecule has 2 unspecified atom stereocenters. The van der Waals surface area contributed by atoms with Crippen LogP contribution in [0.3, 0.4) is 0 Å². The Balaban J connectivity index is 1.98. The first-order valence-corrected chi connectivity index (χ1v) is 6.02. The quantitative estimate of drug-likeness (QED) is 0.877. The van der Waals surface area contributed by atoms with Gasteiger partial charge in [0.25, 0.3) is 5.91 Å². The Labute approximate surface area is 98.2 Å². The van der Waals surface area contributed by atoms with E-state index in [1.807, 2.05) is 24.3 Å². The smallest absolute Gasteiger partial charge is 0.251 e. The Morgan fingerprint density at radius 2 is 2.00 bits per heavy atom. The van der Waals surface area contributed by atoms with Crippen LogP contribution >= 0.6 is 15.9 Å². The van der Waals surface area contributed by atoms with Gasteiger partial charge in [-0.05, 0) is 43.0 Å². The van der Waals surface area contributed by atoms with Crippen molar-refractivity contribution in [3.63, 3.8) is 0 Å². The molecule has 2 nitrogen and oxygen atoms in total. The third kappa shape index (κ3) is 2.40. The molecule has 1 saturated carbocycles. The van der Waals surface area contributed by atoms with Crippen molar-refractivity contribution in [1.82, 2.24) is 5.32 Å². The molecule has 15 heavy (non-hydrogen) atoms. The fraction of sp³-hybridized carbons (Fsp3) is 0.417. The summed E-state index contributed by atoms with van der Waals surface area (Å²) < 4.78 is 0.996. The minimum absolute atomic E-state index is 0.0408. The molecule has 0 aromatic heterocycles. The second-order valence-electron chi connectivity index (χ2n) is 4.14. The second-order valence-corrected chi connectivity index (χ2v) is 5.06. The van der Waals surface area contributed by atoms with Crippen molar-refractivity contribution in [3.05, 3.63) is 34.3 Å². The summed E-state index contributed by atoms with van der Waals surface area (Å²) >= 11 is 3.35. The van der Waals surface area contributed by atoms with Gasteiger partial charge in [0.2, 0.25) is 0 Å². The lowest BCUT2D eigenvalue weighted by Gasteiger charge is -2.34. The fourth-order valence-electron chi connectivity index (χ4n) is 1.73. The number of rotatable bonds is 2. The molecule has 2 atom stereocenters. The summed E-state index contributed by atoms with van der Waals surface area (Å²) in [6.07, 6.45) is 2.34. The standard InChI is InChI=1S/C12H14BrNO/c1-8-2-7-11(8)14-12(15)9-3-5-10(13)6-4-9/h3-6,8,11H,2,7H2,1H3,(H,14,15). The van der Waals surface area contributed by atoms with Crippen LogP contribution in [-0.2, 0) is 0 Å². The zero-order chi connectivity index (χ0) is 10.8. The van der Waals surface area contributed by atoms with Gasteiger partial charge in [0.15, 0.2) is 0 Å². The zero-order valence-corrected chi connectivity index (χ0v) is 10.3. The molecule has 0 spiro atoms. The van der Waals surface area contributed by atoms with Crippen LogP contribution in [0.1, 0.15) is 30.1 Å². The molecule has 1 aromatic carbocycles. The molecular weight excluding hydrogens is 254 g/mol. The van der Waals surface area contributed by atoms with Crippen LogP contribution in [-0.4, -0.2) is 11.9 Å². The average Bonchev–Trinajstić information content (AvgIpc) is 2.24. The van der Waals surface area contributed by atoms with Gasteiger partial charge in [-0.3, -0.25) is 4.79 Å². The number of nitrogens with one attached hydrogen (secondary N) is 1. The van der Waals surface area contributed by atoms with Crippen LogP contribution in [0, 0.1) is 5.92 Å². The molecule has 0 aliphatic heterocycles. The molecule has 1 amide bonds. The van der Waals surface area contributed by atoms with E-state index in [2.05, 4.69) is 28.2 Å². The van der Waals surface area contributed by atoms with Crippen LogP contribution in [0.4, 0.5) is 0 Å². The fourth-order valence-corrected chi connectivity index (χ4v) is 2.00. The van der Waals surface area contributed by atoms with Crippen molar-refractivity contribution in [2.75, 3.05) is 0 Å². The largest absolute Gasteiger partial charge is 0.349 e. The summed E-state index contributed by atoms with van der Waals surface area (Å²) in [6.45, 7) is 2.18. The Morgan fingerprint density at radius 3 is 2.47 bits per heavy atom. The number of hydrogen-bond acceptors (Lipinski definition) is 1. The molecule has 1 aliphatic carbocycles. The SMILES string of the molecule is CC1CCC1NC(=O)c1ccc(Br)cc1. The zero-order valence-electron chi connectivity index (χ0n) is 8.66. The summed E-state index contributed by atoms with van der Waals surface area (Å²) in [5, 5.41) is 3.05. The van der Waals surface area contributed by atoms with Crippen molar-refractivity contribution in [2.45, 2.75) is 25.8 Å². The van der Waals surface area contributed by atoms with Crippen LogP contribution in [0.5, 0.6) is 0 Å². The Hall–Kier alpha value is -0.830. The first kappa shape index (κ1) is 10.7. The van der Waals surface area contributed by atoms with E-state index in [0.717, 1.165) is 16.5 Å². The highest BCUT2D eigenvalue weighted by molar-refractivity contribution is 9.10. The van der Waals surface area contributed by atoms with Crippen molar-refractivity contribution in [2.24, 2.45) is 5.92 Å².